The minimum atomic E-state index is -1.33. The molecule has 5 atom stereocenters. The van der Waals surface area contributed by atoms with Gasteiger partial charge in [0.05, 0.1) is 5.92 Å². The molecule has 2 fully saturated rings. The van der Waals surface area contributed by atoms with E-state index in [1.807, 2.05) is 19.1 Å². The molecule has 180 valence electrons. The fourth-order valence-electron chi connectivity index (χ4n) is 5.93. The standard InChI is InChI=1S/C25H27ClN2O6/c1-2-24-10-4-15-33-23(32)19(24)18-21(30)28(13-5-14-29)20-22(31)27(12-3-11-25(18,20)34-24)17-8-6-16(26)7-9-17/h3-4,6-11,18-20,29H,2,5,12-15H2,1H3/t18-,19+,20?,24-,25-/m0/s1. The molecule has 4 heterocycles. The molecule has 34 heavy (non-hydrogen) atoms. The molecule has 0 aliphatic carbocycles. The van der Waals surface area contributed by atoms with Gasteiger partial charge in [0, 0.05) is 30.4 Å². The minimum Gasteiger partial charge on any atom is -0.461 e. The Balaban J connectivity index is 1.65. The van der Waals surface area contributed by atoms with Crippen molar-refractivity contribution in [1.29, 1.82) is 0 Å². The smallest absolute Gasteiger partial charge is 0.313 e. The van der Waals surface area contributed by atoms with Crippen molar-refractivity contribution < 1.29 is 29.0 Å². The van der Waals surface area contributed by atoms with Crippen LogP contribution in [0.4, 0.5) is 5.69 Å². The van der Waals surface area contributed by atoms with Crippen LogP contribution in [0.25, 0.3) is 0 Å². The van der Waals surface area contributed by atoms with E-state index in [9.17, 15) is 19.5 Å². The lowest BCUT2D eigenvalue weighted by atomic mass is 9.73. The Bertz CT molecular complexity index is 1070. The molecule has 1 spiro atoms. The SMILES string of the molecule is CC[C@]12C=CCOC(=O)[C@H]1[C@H]1C(=O)N(CCCO)C3C(=O)N(c4ccc(Cl)cc4)CC=C[C@@]31O2. The van der Waals surface area contributed by atoms with Crippen LogP contribution in [0.2, 0.25) is 5.02 Å². The van der Waals surface area contributed by atoms with Crippen molar-refractivity contribution in [2.24, 2.45) is 11.8 Å². The number of carbonyl (C=O) groups excluding carboxylic acids is 3. The highest BCUT2D eigenvalue weighted by Gasteiger charge is 2.75. The summed E-state index contributed by atoms with van der Waals surface area (Å²) in [4.78, 5) is 44.2. The van der Waals surface area contributed by atoms with E-state index < -0.39 is 35.0 Å². The van der Waals surface area contributed by atoms with Gasteiger partial charge in [-0.15, -0.1) is 0 Å². The Morgan fingerprint density at radius 1 is 1.09 bits per heavy atom. The van der Waals surface area contributed by atoms with Gasteiger partial charge in [-0.3, -0.25) is 14.4 Å². The second-order valence-electron chi connectivity index (χ2n) is 9.09. The topological polar surface area (TPSA) is 96.4 Å². The summed E-state index contributed by atoms with van der Waals surface area (Å²) >= 11 is 6.04. The van der Waals surface area contributed by atoms with Crippen molar-refractivity contribution in [3.05, 3.63) is 53.6 Å². The molecule has 8 nitrogen and oxygen atoms in total. The first-order valence-corrected chi connectivity index (χ1v) is 12.0. The fraction of sp³-hybridized carbons (Fsp3) is 0.480. The van der Waals surface area contributed by atoms with Crippen LogP contribution in [0.1, 0.15) is 19.8 Å². The first-order chi connectivity index (χ1) is 16.4. The summed E-state index contributed by atoms with van der Waals surface area (Å²) in [6.45, 7) is 2.34. The fourth-order valence-corrected chi connectivity index (χ4v) is 6.06. The average molecular weight is 487 g/mol. The van der Waals surface area contributed by atoms with E-state index >= 15 is 0 Å². The number of benzene rings is 1. The van der Waals surface area contributed by atoms with Gasteiger partial charge < -0.3 is 24.4 Å². The van der Waals surface area contributed by atoms with Crippen molar-refractivity contribution in [1.82, 2.24) is 4.90 Å². The molecular formula is C25H27ClN2O6. The molecule has 0 radical (unpaired) electrons. The Morgan fingerprint density at radius 3 is 2.56 bits per heavy atom. The van der Waals surface area contributed by atoms with Crippen molar-refractivity contribution in [2.45, 2.75) is 37.0 Å². The maximum Gasteiger partial charge on any atom is 0.313 e. The maximum atomic E-state index is 14.1. The second-order valence-corrected chi connectivity index (χ2v) is 9.53. The normalized spacial score (nSPS) is 34.4. The van der Waals surface area contributed by atoms with Crippen LogP contribution in [0.15, 0.2) is 48.6 Å². The number of hydrogen-bond donors (Lipinski definition) is 1. The number of halogens is 1. The van der Waals surface area contributed by atoms with Crippen LogP contribution < -0.4 is 4.90 Å². The number of ether oxygens (including phenoxy) is 2. The molecule has 4 aliphatic rings. The van der Waals surface area contributed by atoms with Crippen molar-refractivity contribution in [3.8, 4) is 0 Å². The van der Waals surface area contributed by atoms with Crippen LogP contribution in [0.3, 0.4) is 0 Å². The number of rotatable bonds is 5. The largest absolute Gasteiger partial charge is 0.461 e. The number of nitrogens with zero attached hydrogens (tertiary/aromatic N) is 2. The van der Waals surface area contributed by atoms with Gasteiger partial charge in [-0.2, -0.15) is 0 Å². The van der Waals surface area contributed by atoms with Gasteiger partial charge in [-0.1, -0.05) is 36.8 Å². The second kappa shape index (κ2) is 8.52. The van der Waals surface area contributed by atoms with Crippen LogP contribution in [-0.2, 0) is 23.9 Å². The van der Waals surface area contributed by atoms with Crippen molar-refractivity contribution >= 4 is 35.1 Å². The van der Waals surface area contributed by atoms with Gasteiger partial charge in [0.25, 0.3) is 5.91 Å². The van der Waals surface area contributed by atoms with E-state index in [1.54, 1.807) is 41.3 Å². The summed E-state index contributed by atoms with van der Waals surface area (Å²) in [7, 11) is 0. The molecule has 0 aromatic heterocycles. The molecule has 2 saturated heterocycles. The predicted molar refractivity (Wildman–Crippen MR) is 124 cm³/mol. The van der Waals surface area contributed by atoms with Gasteiger partial charge in [0.1, 0.15) is 29.8 Å². The molecule has 9 heteroatoms. The summed E-state index contributed by atoms with van der Waals surface area (Å²) in [5, 5.41) is 10.0. The third-order valence-corrected chi connectivity index (χ3v) is 7.64. The van der Waals surface area contributed by atoms with E-state index in [0.717, 1.165) is 0 Å². The Morgan fingerprint density at radius 2 is 1.85 bits per heavy atom. The molecule has 2 amide bonds. The molecule has 5 rings (SSSR count). The first-order valence-electron chi connectivity index (χ1n) is 11.6. The Labute approximate surface area is 202 Å². The van der Waals surface area contributed by atoms with Gasteiger partial charge in [0.2, 0.25) is 5.91 Å². The van der Waals surface area contributed by atoms with Crippen LogP contribution in [0.5, 0.6) is 0 Å². The third-order valence-electron chi connectivity index (χ3n) is 7.39. The van der Waals surface area contributed by atoms with Gasteiger partial charge in [-0.05, 0) is 43.2 Å². The molecule has 1 aromatic rings. The molecule has 1 unspecified atom stereocenters. The lowest BCUT2D eigenvalue weighted by Gasteiger charge is -2.38. The number of cyclic esters (lactones) is 1. The van der Waals surface area contributed by atoms with E-state index in [0.29, 0.717) is 23.6 Å². The van der Waals surface area contributed by atoms with Crippen LogP contribution >= 0.6 is 11.6 Å². The number of likely N-dealkylation sites (tertiary alicyclic amines) is 1. The van der Waals surface area contributed by atoms with E-state index in [1.165, 1.54) is 4.90 Å². The number of fused-ring (bicyclic) bond motifs is 2. The third kappa shape index (κ3) is 3.23. The highest BCUT2D eigenvalue weighted by molar-refractivity contribution is 6.30. The summed E-state index contributed by atoms with van der Waals surface area (Å²) < 4.78 is 12.1. The summed E-state index contributed by atoms with van der Waals surface area (Å²) in [6, 6.07) is 5.94. The lowest BCUT2D eigenvalue weighted by Crippen LogP contribution is -2.56. The average Bonchev–Trinajstić information content (AvgIpc) is 3.10. The minimum absolute atomic E-state index is 0.116. The summed E-state index contributed by atoms with van der Waals surface area (Å²) in [5.41, 5.74) is -1.73. The van der Waals surface area contributed by atoms with Crippen LogP contribution in [0, 0.1) is 11.8 Å². The quantitative estimate of drug-likeness (QED) is 0.506. The summed E-state index contributed by atoms with van der Waals surface area (Å²) in [5.74, 6) is -2.91. The highest BCUT2D eigenvalue weighted by Crippen LogP contribution is 2.58. The molecule has 1 N–H and O–H groups in total. The van der Waals surface area contributed by atoms with Gasteiger partial charge in [-0.25, -0.2) is 0 Å². The monoisotopic (exact) mass is 486 g/mol. The van der Waals surface area contributed by atoms with E-state index in [-0.39, 0.29) is 38.1 Å². The summed E-state index contributed by atoms with van der Waals surface area (Å²) in [6.07, 6.45) is 7.92. The van der Waals surface area contributed by atoms with E-state index in [4.69, 9.17) is 21.1 Å². The zero-order valence-electron chi connectivity index (χ0n) is 18.9. The number of amides is 2. The maximum absolute atomic E-state index is 14.1. The number of anilines is 1. The predicted octanol–water partition coefficient (Wildman–Crippen LogP) is 2.10. The van der Waals surface area contributed by atoms with Gasteiger partial charge >= 0.3 is 5.97 Å². The van der Waals surface area contributed by atoms with Crippen LogP contribution in [-0.4, -0.2) is 71.3 Å². The molecular weight excluding hydrogens is 460 g/mol. The Hall–Kier alpha value is -2.68. The number of esters is 1. The number of aliphatic hydroxyl groups excluding tert-OH is 1. The van der Waals surface area contributed by atoms with Gasteiger partial charge in [0.15, 0.2) is 0 Å². The molecule has 1 aromatic carbocycles. The molecule has 0 bridgehead atoms. The zero-order chi connectivity index (χ0) is 24.1. The lowest BCUT2D eigenvalue weighted by molar-refractivity contribution is -0.157. The number of aliphatic hydroxyl groups is 1. The molecule has 0 saturated carbocycles. The first kappa shape index (κ1) is 23.1. The molecule has 4 aliphatic heterocycles. The zero-order valence-corrected chi connectivity index (χ0v) is 19.6. The number of carbonyl (C=O) groups is 3. The highest BCUT2D eigenvalue weighted by atomic mass is 35.5. The number of hydrogen-bond acceptors (Lipinski definition) is 6. The van der Waals surface area contributed by atoms with Crippen molar-refractivity contribution in [3.63, 3.8) is 0 Å². The van der Waals surface area contributed by atoms with Crippen molar-refractivity contribution in [2.75, 3.05) is 31.2 Å². The Kier molecular flexibility index (Phi) is 5.78. The van der Waals surface area contributed by atoms with E-state index in [2.05, 4.69) is 0 Å².